The quantitative estimate of drug-likeness (QED) is 0.829. The molecule has 1 aromatic carbocycles. The lowest BCUT2D eigenvalue weighted by atomic mass is 10.3. The van der Waals surface area contributed by atoms with E-state index in [1.807, 2.05) is 0 Å². The molecule has 0 aromatic heterocycles. The van der Waals surface area contributed by atoms with Crippen LogP contribution >= 0.6 is 0 Å². The zero-order chi connectivity index (χ0) is 12.4. The van der Waals surface area contributed by atoms with Gasteiger partial charge in [0.25, 0.3) is 0 Å². The van der Waals surface area contributed by atoms with Gasteiger partial charge < -0.3 is 4.74 Å². The fourth-order valence-electron chi connectivity index (χ4n) is 0.967. The summed E-state index contributed by atoms with van der Waals surface area (Å²) >= 11 is 0. The van der Waals surface area contributed by atoms with Gasteiger partial charge in [0.05, 0.1) is 10.6 Å². The minimum Gasteiger partial charge on any atom is -0.406 e. The molecule has 89 valence electrons. The Morgan fingerprint density at radius 2 is 1.69 bits per heavy atom. The summed E-state index contributed by atoms with van der Waals surface area (Å²) in [5.74, 6) is -0.817. The Kier molecular flexibility index (Phi) is 3.47. The SMILES string of the molecule is [CH2]CS(=O)(=O)c1ccc(OC(F)(F)F)cc1. The van der Waals surface area contributed by atoms with Gasteiger partial charge >= 0.3 is 6.36 Å². The molecule has 1 rings (SSSR count). The van der Waals surface area contributed by atoms with Gasteiger partial charge in [-0.1, -0.05) is 0 Å². The number of ether oxygens (including phenoxy) is 1. The number of rotatable bonds is 3. The van der Waals surface area contributed by atoms with Gasteiger partial charge in [0.2, 0.25) is 0 Å². The first kappa shape index (κ1) is 12.8. The number of hydrogen-bond acceptors (Lipinski definition) is 3. The maximum Gasteiger partial charge on any atom is 0.573 e. The van der Waals surface area contributed by atoms with Crippen LogP contribution in [0.25, 0.3) is 0 Å². The molecule has 1 aromatic rings. The van der Waals surface area contributed by atoms with Crippen molar-refractivity contribution in [2.24, 2.45) is 0 Å². The fourth-order valence-corrected chi connectivity index (χ4v) is 1.75. The second kappa shape index (κ2) is 4.32. The predicted molar refractivity (Wildman–Crippen MR) is 50.5 cm³/mol. The molecule has 0 saturated heterocycles. The van der Waals surface area contributed by atoms with Crippen LogP contribution in [0.1, 0.15) is 0 Å². The fraction of sp³-hybridized carbons (Fsp3) is 0.222. The smallest absolute Gasteiger partial charge is 0.406 e. The molecular formula is C9H8F3O3S. The molecule has 0 amide bonds. The van der Waals surface area contributed by atoms with Gasteiger partial charge in [-0.25, -0.2) is 8.42 Å². The minimum absolute atomic E-state index is 0.0861. The highest BCUT2D eigenvalue weighted by Crippen LogP contribution is 2.24. The van der Waals surface area contributed by atoms with E-state index in [1.165, 1.54) is 0 Å². The molecule has 7 heteroatoms. The monoisotopic (exact) mass is 253 g/mol. The minimum atomic E-state index is -4.79. The zero-order valence-electron chi connectivity index (χ0n) is 7.99. The van der Waals surface area contributed by atoms with E-state index in [4.69, 9.17) is 0 Å². The van der Waals surface area contributed by atoms with E-state index in [1.54, 1.807) is 0 Å². The van der Waals surface area contributed by atoms with Crippen molar-refractivity contribution in [3.63, 3.8) is 0 Å². The largest absolute Gasteiger partial charge is 0.573 e. The maximum atomic E-state index is 11.8. The van der Waals surface area contributed by atoms with Gasteiger partial charge in [-0.2, -0.15) is 0 Å². The molecule has 0 saturated carbocycles. The second-order valence-electron chi connectivity index (χ2n) is 2.84. The van der Waals surface area contributed by atoms with Crippen molar-refractivity contribution >= 4 is 9.84 Å². The summed E-state index contributed by atoms with van der Waals surface area (Å²) in [7, 11) is -3.51. The van der Waals surface area contributed by atoms with Crippen LogP contribution < -0.4 is 4.74 Å². The number of halogens is 3. The molecule has 1 radical (unpaired) electrons. The normalized spacial score (nSPS) is 12.5. The molecule has 0 fully saturated rings. The Balaban J connectivity index is 2.93. The molecule has 3 nitrogen and oxygen atoms in total. The molecule has 0 N–H and O–H groups in total. The summed E-state index contributed by atoms with van der Waals surface area (Å²) in [6.45, 7) is 3.22. The third-order valence-electron chi connectivity index (χ3n) is 1.69. The van der Waals surface area contributed by atoms with Crippen molar-refractivity contribution in [3.05, 3.63) is 31.2 Å². The maximum absolute atomic E-state index is 11.8. The zero-order valence-corrected chi connectivity index (χ0v) is 8.81. The molecule has 0 atom stereocenters. The summed E-state index contributed by atoms with van der Waals surface area (Å²) in [5, 5.41) is 0. The lowest BCUT2D eigenvalue weighted by molar-refractivity contribution is -0.274. The van der Waals surface area contributed by atoms with Crippen LogP contribution in [0, 0.1) is 6.92 Å². The molecule has 0 aliphatic heterocycles. The van der Waals surface area contributed by atoms with Gasteiger partial charge in [-0.15, -0.1) is 13.2 Å². The Bertz CT molecular complexity index is 448. The molecule has 16 heavy (non-hydrogen) atoms. The van der Waals surface area contributed by atoms with Crippen molar-refractivity contribution in [3.8, 4) is 5.75 Å². The molecule has 0 bridgehead atoms. The molecule has 0 aliphatic rings. The predicted octanol–water partition coefficient (Wildman–Crippen LogP) is 2.19. The van der Waals surface area contributed by atoms with E-state index in [0.29, 0.717) is 0 Å². The first-order chi connectivity index (χ1) is 7.24. The van der Waals surface area contributed by atoms with E-state index in [9.17, 15) is 21.6 Å². The molecule has 0 aliphatic carbocycles. The van der Waals surface area contributed by atoms with Crippen LogP contribution in [-0.4, -0.2) is 20.5 Å². The van der Waals surface area contributed by atoms with E-state index in [2.05, 4.69) is 11.7 Å². The summed E-state index contributed by atoms with van der Waals surface area (Å²) in [4.78, 5) is -0.0861. The average molecular weight is 253 g/mol. The van der Waals surface area contributed by atoms with Crippen LogP contribution in [0.5, 0.6) is 5.75 Å². The Morgan fingerprint density at radius 1 is 1.19 bits per heavy atom. The van der Waals surface area contributed by atoms with Gasteiger partial charge in [0.1, 0.15) is 5.75 Å². The van der Waals surface area contributed by atoms with Gasteiger partial charge in [0.15, 0.2) is 9.84 Å². The first-order valence-electron chi connectivity index (χ1n) is 4.12. The van der Waals surface area contributed by atoms with Crippen molar-refractivity contribution in [1.82, 2.24) is 0 Å². The van der Waals surface area contributed by atoms with Crippen molar-refractivity contribution in [2.75, 3.05) is 5.75 Å². The van der Waals surface area contributed by atoms with E-state index in [0.717, 1.165) is 24.3 Å². The third kappa shape index (κ3) is 3.41. The highest BCUT2D eigenvalue weighted by atomic mass is 32.2. The Labute approximate surface area is 90.8 Å². The van der Waals surface area contributed by atoms with Gasteiger partial charge in [-0.3, -0.25) is 0 Å². The topological polar surface area (TPSA) is 43.4 Å². The lowest BCUT2D eigenvalue weighted by Crippen LogP contribution is -2.17. The highest BCUT2D eigenvalue weighted by molar-refractivity contribution is 7.91. The molecule has 0 spiro atoms. The molecule has 0 heterocycles. The van der Waals surface area contributed by atoms with Gasteiger partial charge in [-0.05, 0) is 31.2 Å². The number of hydrogen-bond donors (Lipinski definition) is 0. The number of benzene rings is 1. The number of sulfone groups is 1. The summed E-state index contributed by atoms with van der Waals surface area (Å²) in [6.07, 6.45) is -4.79. The van der Waals surface area contributed by atoms with E-state index in [-0.39, 0.29) is 10.6 Å². The Morgan fingerprint density at radius 3 is 2.06 bits per heavy atom. The van der Waals surface area contributed by atoms with Crippen LogP contribution in [0.2, 0.25) is 0 Å². The van der Waals surface area contributed by atoms with Crippen LogP contribution in [0.15, 0.2) is 29.2 Å². The van der Waals surface area contributed by atoms with Crippen molar-refractivity contribution < 1.29 is 26.3 Å². The first-order valence-corrected chi connectivity index (χ1v) is 5.77. The molecule has 0 unspecified atom stereocenters. The third-order valence-corrected chi connectivity index (χ3v) is 3.21. The standard InChI is InChI=1S/C9H8F3O3S/c1-2-16(13,14)8-5-3-7(4-6-8)15-9(10,11)12/h3-6H,1-2H2. The van der Waals surface area contributed by atoms with Gasteiger partial charge in [0, 0.05) is 0 Å². The summed E-state index contributed by atoms with van der Waals surface area (Å²) in [6, 6.07) is 3.97. The van der Waals surface area contributed by atoms with Crippen LogP contribution in [0.3, 0.4) is 0 Å². The highest BCUT2D eigenvalue weighted by Gasteiger charge is 2.31. The van der Waals surface area contributed by atoms with Crippen molar-refractivity contribution in [1.29, 1.82) is 0 Å². The van der Waals surface area contributed by atoms with E-state index >= 15 is 0 Å². The lowest BCUT2D eigenvalue weighted by Gasteiger charge is -2.09. The van der Waals surface area contributed by atoms with Crippen molar-refractivity contribution in [2.45, 2.75) is 11.3 Å². The second-order valence-corrected chi connectivity index (χ2v) is 4.95. The van der Waals surface area contributed by atoms with Crippen LogP contribution in [-0.2, 0) is 9.84 Å². The average Bonchev–Trinajstić information content (AvgIpc) is 2.16. The number of alkyl halides is 3. The van der Waals surface area contributed by atoms with Crippen LogP contribution in [0.4, 0.5) is 13.2 Å². The summed E-state index contributed by atoms with van der Waals surface area (Å²) in [5.41, 5.74) is 0. The van der Waals surface area contributed by atoms with E-state index < -0.39 is 21.9 Å². The molecular weight excluding hydrogens is 245 g/mol. The Hall–Kier alpha value is -1.24. The summed E-state index contributed by atoms with van der Waals surface area (Å²) < 4.78 is 61.5.